The van der Waals surface area contributed by atoms with Crippen molar-refractivity contribution in [2.75, 3.05) is 0 Å². The van der Waals surface area contributed by atoms with Gasteiger partial charge in [-0.15, -0.1) is 0 Å². The van der Waals surface area contributed by atoms with E-state index in [1.807, 2.05) is 37.3 Å². The molecule has 9 atom stereocenters. The van der Waals surface area contributed by atoms with E-state index in [2.05, 4.69) is 0 Å². The van der Waals surface area contributed by atoms with Gasteiger partial charge in [-0.25, -0.2) is 9.59 Å². The Morgan fingerprint density at radius 2 is 1.42 bits per heavy atom. The SMILES string of the molecule is CC(=O)O[C@@H]1C[C@@H](C)[C@]23OC(C)(C)[C@H]([C@@H](O)[C@H](OC(=O)c4ccccc4)[C@@]2(C)[C@H]1OC(C)=O)[C@H]3OC(=O)/C=C/c1ccccc1. The van der Waals surface area contributed by atoms with Crippen molar-refractivity contribution in [3.8, 4) is 0 Å². The average Bonchev–Trinajstić information content (AvgIpc) is 3.20. The molecule has 10 nitrogen and oxygen atoms in total. The predicted octanol–water partition coefficient (Wildman–Crippen LogP) is 4.29. The standard InChI is InChI=1S/C35H40O10/c1-20-19-25(41-21(2)36)29(42-22(3)37)34(6)31(44-32(40)24-15-11-8-12-16-24)28(39)27-30(35(20,34)45-33(27,4)5)43-26(38)18-17-23-13-9-7-10-14-23/h7-18,20,25,27-31,39H,19H2,1-6H3/b18-17+/t20-,25-,27-,28-,29+,30-,31+,34-,35-/m1/s1. The van der Waals surface area contributed by atoms with Crippen LogP contribution in [0, 0.1) is 17.3 Å². The number of carbonyl (C=O) groups excluding carboxylic acids is 4. The summed E-state index contributed by atoms with van der Waals surface area (Å²) in [6.45, 7) is 9.58. The quantitative estimate of drug-likeness (QED) is 0.271. The molecule has 2 aromatic rings. The molecule has 45 heavy (non-hydrogen) atoms. The molecular weight excluding hydrogens is 580 g/mol. The molecule has 240 valence electrons. The molecule has 2 bridgehead atoms. The topological polar surface area (TPSA) is 135 Å². The molecule has 2 aromatic carbocycles. The van der Waals surface area contributed by atoms with Gasteiger partial charge in [-0.2, -0.15) is 0 Å². The molecule has 2 saturated carbocycles. The zero-order valence-electron chi connectivity index (χ0n) is 26.3. The first-order valence-electron chi connectivity index (χ1n) is 15.1. The molecule has 5 rings (SSSR count). The normalized spacial score (nSPS) is 34.8. The van der Waals surface area contributed by atoms with Crippen LogP contribution >= 0.6 is 0 Å². The molecule has 10 heteroatoms. The van der Waals surface area contributed by atoms with E-state index in [9.17, 15) is 24.3 Å². The largest absolute Gasteiger partial charge is 0.459 e. The fourth-order valence-electron chi connectivity index (χ4n) is 8.00. The third-order valence-electron chi connectivity index (χ3n) is 9.65. The molecule has 3 fully saturated rings. The highest BCUT2D eigenvalue weighted by atomic mass is 16.6. The summed E-state index contributed by atoms with van der Waals surface area (Å²) in [7, 11) is 0. The molecular formula is C35H40O10. The summed E-state index contributed by atoms with van der Waals surface area (Å²) in [6, 6.07) is 17.5. The van der Waals surface area contributed by atoms with Crippen molar-refractivity contribution in [3.05, 3.63) is 77.9 Å². The summed E-state index contributed by atoms with van der Waals surface area (Å²) in [5, 5.41) is 12.2. The van der Waals surface area contributed by atoms with Crippen LogP contribution in [0.15, 0.2) is 66.7 Å². The highest BCUT2D eigenvalue weighted by molar-refractivity contribution is 5.89. The van der Waals surface area contributed by atoms with Gasteiger partial charge in [0.05, 0.1) is 22.5 Å². The molecule has 1 spiro atoms. The van der Waals surface area contributed by atoms with Gasteiger partial charge in [0.2, 0.25) is 0 Å². The molecule has 0 radical (unpaired) electrons. The van der Waals surface area contributed by atoms with E-state index in [-0.39, 0.29) is 12.0 Å². The summed E-state index contributed by atoms with van der Waals surface area (Å²) in [5.41, 5.74) is -3.07. The number of aliphatic hydroxyl groups excluding tert-OH is 1. The molecule has 1 N–H and O–H groups in total. The van der Waals surface area contributed by atoms with Crippen molar-refractivity contribution in [1.29, 1.82) is 0 Å². The smallest absolute Gasteiger partial charge is 0.338 e. The highest BCUT2D eigenvalue weighted by Crippen LogP contribution is 2.68. The van der Waals surface area contributed by atoms with Crippen LogP contribution in [0.25, 0.3) is 6.08 Å². The van der Waals surface area contributed by atoms with Gasteiger partial charge in [0, 0.05) is 19.9 Å². The first-order valence-corrected chi connectivity index (χ1v) is 15.1. The molecule has 1 saturated heterocycles. The molecule has 0 aromatic heterocycles. The van der Waals surface area contributed by atoms with Crippen LogP contribution in [0.3, 0.4) is 0 Å². The fraction of sp³-hybridized carbons (Fsp3) is 0.486. The van der Waals surface area contributed by atoms with Crippen LogP contribution in [0.2, 0.25) is 0 Å². The number of aliphatic hydroxyl groups is 1. The van der Waals surface area contributed by atoms with Gasteiger partial charge in [0.15, 0.2) is 6.10 Å². The Hall–Kier alpha value is -4.02. The second kappa shape index (κ2) is 12.1. The van der Waals surface area contributed by atoms with Crippen molar-refractivity contribution in [2.24, 2.45) is 17.3 Å². The van der Waals surface area contributed by atoms with Gasteiger partial charge < -0.3 is 28.8 Å². The molecule has 1 heterocycles. The average molecular weight is 621 g/mol. The Morgan fingerprint density at radius 3 is 2.02 bits per heavy atom. The lowest BCUT2D eigenvalue weighted by atomic mass is 9.47. The van der Waals surface area contributed by atoms with Crippen LogP contribution in [0.4, 0.5) is 0 Å². The summed E-state index contributed by atoms with van der Waals surface area (Å²) >= 11 is 0. The highest BCUT2D eigenvalue weighted by Gasteiger charge is 2.83. The van der Waals surface area contributed by atoms with Crippen LogP contribution < -0.4 is 0 Å². The van der Waals surface area contributed by atoms with E-state index in [1.54, 1.807) is 57.2 Å². The van der Waals surface area contributed by atoms with Gasteiger partial charge in [-0.05, 0) is 56.9 Å². The summed E-state index contributed by atoms with van der Waals surface area (Å²) < 4.78 is 30.9. The Kier molecular flexibility index (Phi) is 8.67. The second-order valence-corrected chi connectivity index (χ2v) is 12.9. The third kappa shape index (κ3) is 5.55. The Bertz CT molecular complexity index is 1470. The predicted molar refractivity (Wildman–Crippen MR) is 161 cm³/mol. The zero-order chi connectivity index (χ0) is 32.7. The van der Waals surface area contributed by atoms with E-state index in [0.29, 0.717) is 0 Å². The minimum absolute atomic E-state index is 0.180. The second-order valence-electron chi connectivity index (χ2n) is 12.9. The minimum Gasteiger partial charge on any atom is -0.459 e. The van der Waals surface area contributed by atoms with E-state index in [4.69, 9.17) is 23.7 Å². The molecule has 0 amide bonds. The number of hydrogen-bond donors (Lipinski definition) is 1. The Labute approximate surface area is 262 Å². The van der Waals surface area contributed by atoms with E-state index in [1.165, 1.54) is 19.9 Å². The van der Waals surface area contributed by atoms with Crippen LogP contribution in [0.5, 0.6) is 0 Å². The van der Waals surface area contributed by atoms with Crippen molar-refractivity contribution in [3.63, 3.8) is 0 Å². The number of esters is 4. The lowest BCUT2D eigenvalue weighted by molar-refractivity contribution is -0.314. The maximum Gasteiger partial charge on any atom is 0.338 e. The molecule has 3 aliphatic rings. The van der Waals surface area contributed by atoms with Gasteiger partial charge in [0.1, 0.15) is 30.0 Å². The summed E-state index contributed by atoms with van der Waals surface area (Å²) in [5.74, 6) is -3.99. The third-order valence-corrected chi connectivity index (χ3v) is 9.65. The minimum atomic E-state index is -1.57. The lowest BCUT2D eigenvalue weighted by Gasteiger charge is -2.63. The van der Waals surface area contributed by atoms with Crippen molar-refractivity contribution < 1.29 is 48.0 Å². The molecule has 1 aliphatic heterocycles. The first kappa shape index (κ1) is 32.4. The maximum atomic E-state index is 13.6. The summed E-state index contributed by atoms with van der Waals surface area (Å²) in [4.78, 5) is 51.9. The Morgan fingerprint density at radius 1 is 0.822 bits per heavy atom. The number of benzene rings is 2. The van der Waals surface area contributed by atoms with Gasteiger partial charge in [-0.3, -0.25) is 9.59 Å². The van der Waals surface area contributed by atoms with Gasteiger partial charge in [0.25, 0.3) is 0 Å². The van der Waals surface area contributed by atoms with E-state index in [0.717, 1.165) is 5.56 Å². The van der Waals surface area contributed by atoms with Crippen molar-refractivity contribution in [2.45, 2.75) is 89.7 Å². The Balaban J connectivity index is 1.65. The summed E-state index contributed by atoms with van der Waals surface area (Å²) in [6.07, 6.45) is -2.92. The monoisotopic (exact) mass is 620 g/mol. The van der Waals surface area contributed by atoms with Gasteiger partial charge >= 0.3 is 23.9 Å². The van der Waals surface area contributed by atoms with Crippen LogP contribution in [-0.4, -0.2) is 70.7 Å². The maximum absolute atomic E-state index is 13.6. The van der Waals surface area contributed by atoms with E-state index >= 15 is 0 Å². The van der Waals surface area contributed by atoms with Crippen molar-refractivity contribution in [1.82, 2.24) is 0 Å². The number of fused-ring (bicyclic) bond motifs is 1. The van der Waals surface area contributed by atoms with Crippen molar-refractivity contribution >= 4 is 30.0 Å². The fourth-order valence-corrected chi connectivity index (χ4v) is 8.00. The van der Waals surface area contributed by atoms with Crippen LogP contribution in [0.1, 0.15) is 63.9 Å². The zero-order valence-corrected chi connectivity index (χ0v) is 26.3. The first-order chi connectivity index (χ1) is 21.2. The number of rotatable bonds is 7. The number of carbonyl (C=O) groups is 4. The van der Waals surface area contributed by atoms with Crippen LogP contribution in [-0.2, 0) is 38.1 Å². The molecule has 2 aliphatic carbocycles. The van der Waals surface area contributed by atoms with Gasteiger partial charge in [-0.1, -0.05) is 55.5 Å². The number of hydrogen-bond acceptors (Lipinski definition) is 10. The number of ether oxygens (including phenoxy) is 5. The van der Waals surface area contributed by atoms with E-state index < -0.39 is 82.8 Å². The lowest BCUT2D eigenvalue weighted by Crippen LogP contribution is -2.78. The molecule has 0 unspecified atom stereocenters.